The predicted molar refractivity (Wildman–Crippen MR) is 65.9 cm³/mol. The largest absolute Gasteiger partial charge is 0.451 e. The molecule has 0 bridgehead atoms. The lowest BCUT2D eigenvalue weighted by Crippen LogP contribution is -2.55. The number of nitrogen functional groups attached to an aromatic ring is 1. The number of hydrogen-bond donors (Lipinski definition) is 2. The molecule has 0 radical (unpaired) electrons. The first kappa shape index (κ1) is 14.4. The molecule has 1 saturated heterocycles. The highest BCUT2D eigenvalue weighted by molar-refractivity contribution is 5.86. The van der Waals surface area contributed by atoms with E-state index in [9.17, 15) is 18.0 Å². The molecule has 1 amide bonds. The molecule has 20 heavy (non-hydrogen) atoms. The van der Waals surface area contributed by atoms with Crippen LogP contribution in [0.4, 0.5) is 24.8 Å². The van der Waals surface area contributed by atoms with Gasteiger partial charge in [0, 0.05) is 19.2 Å². The molecule has 0 aliphatic carbocycles. The van der Waals surface area contributed by atoms with E-state index in [2.05, 4.69) is 15.3 Å². The molecule has 6 nitrogen and oxygen atoms in total. The van der Waals surface area contributed by atoms with Crippen LogP contribution < -0.4 is 16.0 Å². The topological polar surface area (TPSA) is 84.1 Å². The number of aromatic nitrogens is 2. The van der Waals surface area contributed by atoms with E-state index >= 15 is 0 Å². The number of halogens is 3. The van der Waals surface area contributed by atoms with Crippen molar-refractivity contribution in [3.8, 4) is 0 Å². The van der Waals surface area contributed by atoms with E-state index in [1.807, 2.05) is 0 Å². The van der Waals surface area contributed by atoms with Crippen molar-refractivity contribution in [3.05, 3.63) is 11.9 Å². The molecular formula is C11H14F3N5O. The molecule has 110 valence electrons. The summed E-state index contributed by atoms with van der Waals surface area (Å²) in [5.41, 5.74) is 5.41. The summed E-state index contributed by atoms with van der Waals surface area (Å²) in [5, 5.41) is 2.66. The molecular weight excluding hydrogens is 275 g/mol. The number of rotatable bonds is 2. The van der Waals surface area contributed by atoms with Crippen LogP contribution in [0.2, 0.25) is 0 Å². The smallest absolute Gasteiger partial charge is 0.384 e. The summed E-state index contributed by atoms with van der Waals surface area (Å²) in [6.07, 6.45) is -4.22. The molecule has 9 heteroatoms. The second-order valence-electron chi connectivity index (χ2n) is 4.38. The Labute approximate surface area is 113 Å². The first-order chi connectivity index (χ1) is 9.32. The number of amides is 1. The van der Waals surface area contributed by atoms with E-state index < -0.39 is 18.0 Å². The summed E-state index contributed by atoms with van der Waals surface area (Å²) in [6, 6.07) is 0.690. The number of carbonyl (C=O) groups is 1. The average Bonchev–Trinajstić information content (AvgIpc) is 2.36. The summed E-state index contributed by atoms with van der Waals surface area (Å²) >= 11 is 0. The van der Waals surface area contributed by atoms with Crippen molar-refractivity contribution >= 4 is 17.5 Å². The van der Waals surface area contributed by atoms with Crippen LogP contribution in [-0.4, -0.2) is 35.0 Å². The number of piperazine rings is 1. The minimum atomic E-state index is -4.68. The van der Waals surface area contributed by atoms with Gasteiger partial charge in [-0.1, -0.05) is 6.92 Å². The van der Waals surface area contributed by atoms with Gasteiger partial charge in [0.1, 0.15) is 17.7 Å². The zero-order valence-corrected chi connectivity index (χ0v) is 10.7. The molecule has 1 unspecified atom stereocenters. The van der Waals surface area contributed by atoms with Gasteiger partial charge in [0.15, 0.2) is 0 Å². The van der Waals surface area contributed by atoms with Crippen molar-refractivity contribution in [3.63, 3.8) is 0 Å². The number of nitrogens with zero attached hydrogens (tertiary/aromatic N) is 3. The Morgan fingerprint density at radius 1 is 1.50 bits per heavy atom. The van der Waals surface area contributed by atoms with Gasteiger partial charge in [-0.05, 0) is 6.42 Å². The van der Waals surface area contributed by atoms with Gasteiger partial charge in [-0.15, -0.1) is 0 Å². The Morgan fingerprint density at radius 2 is 2.20 bits per heavy atom. The molecule has 1 aliphatic heterocycles. The van der Waals surface area contributed by atoms with Crippen LogP contribution >= 0.6 is 0 Å². The van der Waals surface area contributed by atoms with Gasteiger partial charge in [-0.3, -0.25) is 4.79 Å². The molecule has 1 atom stereocenters. The van der Waals surface area contributed by atoms with Gasteiger partial charge in [0.05, 0.1) is 0 Å². The fourth-order valence-corrected chi connectivity index (χ4v) is 2.12. The minimum Gasteiger partial charge on any atom is -0.384 e. The molecule has 1 aliphatic rings. The van der Waals surface area contributed by atoms with Gasteiger partial charge in [-0.2, -0.15) is 13.2 Å². The molecule has 3 N–H and O–H groups in total. The van der Waals surface area contributed by atoms with E-state index in [4.69, 9.17) is 5.73 Å². The molecule has 0 saturated carbocycles. The van der Waals surface area contributed by atoms with Crippen LogP contribution in [0, 0.1) is 0 Å². The van der Waals surface area contributed by atoms with E-state index in [0.717, 1.165) is 0 Å². The number of nitrogens with two attached hydrogens (primary N) is 1. The zero-order chi connectivity index (χ0) is 14.9. The van der Waals surface area contributed by atoms with Crippen molar-refractivity contribution in [2.75, 3.05) is 23.7 Å². The summed E-state index contributed by atoms with van der Waals surface area (Å²) in [7, 11) is 0. The summed E-state index contributed by atoms with van der Waals surface area (Å²) in [4.78, 5) is 19.9. The van der Waals surface area contributed by atoms with Crippen LogP contribution in [0.1, 0.15) is 19.2 Å². The van der Waals surface area contributed by atoms with Crippen LogP contribution in [0.15, 0.2) is 6.07 Å². The summed E-state index contributed by atoms with van der Waals surface area (Å²) in [6.45, 7) is 2.50. The number of nitrogens with one attached hydrogen (secondary N) is 1. The molecule has 2 rings (SSSR count). The number of carbonyl (C=O) groups excluding carboxylic acids is 1. The number of hydrogen-bond acceptors (Lipinski definition) is 5. The van der Waals surface area contributed by atoms with Gasteiger partial charge >= 0.3 is 6.18 Å². The standard InChI is InChI=1S/C11H14F3N5O/c1-2-6-9(20)16-3-4-19(6)8-5-7(15)17-10(18-8)11(12,13)14/h5-6H,2-4H2,1H3,(H,16,20)(H2,15,17,18). The van der Waals surface area contributed by atoms with Crippen LogP contribution in [0.3, 0.4) is 0 Å². The maximum absolute atomic E-state index is 12.7. The lowest BCUT2D eigenvalue weighted by Gasteiger charge is -2.35. The minimum absolute atomic E-state index is 0.0199. The monoisotopic (exact) mass is 289 g/mol. The second kappa shape index (κ2) is 5.14. The molecule has 2 heterocycles. The first-order valence-corrected chi connectivity index (χ1v) is 6.09. The lowest BCUT2D eigenvalue weighted by atomic mass is 10.1. The molecule has 0 aromatic carbocycles. The van der Waals surface area contributed by atoms with E-state index in [1.165, 1.54) is 11.0 Å². The summed E-state index contributed by atoms with van der Waals surface area (Å²) < 4.78 is 38.1. The van der Waals surface area contributed by atoms with Crippen molar-refractivity contribution in [2.24, 2.45) is 0 Å². The highest BCUT2D eigenvalue weighted by Crippen LogP contribution is 2.29. The fraction of sp³-hybridized carbons (Fsp3) is 0.545. The van der Waals surface area contributed by atoms with Crippen molar-refractivity contribution in [2.45, 2.75) is 25.6 Å². The molecule has 1 aromatic rings. The van der Waals surface area contributed by atoms with Crippen molar-refractivity contribution in [1.82, 2.24) is 15.3 Å². The Kier molecular flexibility index (Phi) is 3.69. The van der Waals surface area contributed by atoms with Crippen LogP contribution in [-0.2, 0) is 11.0 Å². The summed E-state index contributed by atoms with van der Waals surface area (Å²) in [5.74, 6) is -1.78. The Balaban J connectivity index is 2.41. The average molecular weight is 289 g/mol. The van der Waals surface area contributed by atoms with Gasteiger partial charge in [0.25, 0.3) is 0 Å². The third-order valence-electron chi connectivity index (χ3n) is 3.00. The van der Waals surface area contributed by atoms with Crippen LogP contribution in [0.25, 0.3) is 0 Å². The van der Waals surface area contributed by atoms with Crippen molar-refractivity contribution < 1.29 is 18.0 Å². The van der Waals surface area contributed by atoms with Gasteiger partial charge in [0.2, 0.25) is 11.7 Å². The molecule has 0 spiro atoms. The number of alkyl halides is 3. The third-order valence-corrected chi connectivity index (χ3v) is 3.00. The predicted octanol–water partition coefficient (Wildman–Crippen LogP) is 0.792. The number of anilines is 2. The van der Waals surface area contributed by atoms with E-state index in [1.54, 1.807) is 6.92 Å². The Bertz CT molecular complexity index is 519. The SMILES string of the molecule is CCC1C(=O)NCCN1c1cc(N)nc(C(F)(F)F)n1. The van der Waals surface area contributed by atoms with E-state index in [-0.39, 0.29) is 17.5 Å². The van der Waals surface area contributed by atoms with Crippen molar-refractivity contribution in [1.29, 1.82) is 0 Å². The highest BCUT2D eigenvalue weighted by Gasteiger charge is 2.37. The highest BCUT2D eigenvalue weighted by atomic mass is 19.4. The fourth-order valence-electron chi connectivity index (χ4n) is 2.12. The molecule has 1 aromatic heterocycles. The second-order valence-corrected chi connectivity index (χ2v) is 4.38. The first-order valence-electron chi connectivity index (χ1n) is 6.09. The zero-order valence-electron chi connectivity index (χ0n) is 10.7. The maximum atomic E-state index is 12.7. The molecule has 1 fully saturated rings. The lowest BCUT2D eigenvalue weighted by molar-refractivity contribution is -0.144. The quantitative estimate of drug-likeness (QED) is 0.841. The normalized spacial score (nSPS) is 19.9. The van der Waals surface area contributed by atoms with Crippen LogP contribution in [0.5, 0.6) is 0 Å². The Morgan fingerprint density at radius 3 is 2.80 bits per heavy atom. The maximum Gasteiger partial charge on any atom is 0.451 e. The van der Waals surface area contributed by atoms with E-state index in [0.29, 0.717) is 19.5 Å². The van der Waals surface area contributed by atoms with Gasteiger partial charge < -0.3 is 16.0 Å². The van der Waals surface area contributed by atoms with Gasteiger partial charge in [-0.25, -0.2) is 9.97 Å². The third kappa shape index (κ3) is 2.75. The Hall–Kier alpha value is -2.06.